The lowest BCUT2D eigenvalue weighted by atomic mass is 9.85. The van der Waals surface area contributed by atoms with Crippen molar-refractivity contribution in [2.24, 2.45) is 5.92 Å². The van der Waals surface area contributed by atoms with E-state index in [9.17, 15) is 14.4 Å². The van der Waals surface area contributed by atoms with Crippen LogP contribution < -0.4 is 5.32 Å². The molecule has 108 valence electrons. The molecule has 0 aliphatic carbocycles. The fraction of sp³-hybridized carbons (Fsp3) is 0.750. The normalized spacial score (nSPS) is 18.5. The highest BCUT2D eigenvalue weighted by Gasteiger charge is 2.34. The number of aliphatic carboxylic acids is 1. The largest absolute Gasteiger partial charge is 0.481 e. The fourth-order valence-electron chi connectivity index (χ4n) is 1.78. The molecule has 7 heteroatoms. The van der Waals surface area contributed by atoms with Crippen LogP contribution in [0.3, 0.4) is 0 Å². The lowest BCUT2D eigenvalue weighted by Gasteiger charge is -2.34. The van der Waals surface area contributed by atoms with Crippen LogP contribution in [-0.2, 0) is 14.4 Å². The number of carbonyl (C=O) groups excluding carboxylic acids is 2. The zero-order valence-corrected chi connectivity index (χ0v) is 12.2. The van der Waals surface area contributed by atoms with Gasteiger partial charge in [0.25, 0.3) is 0 Å². The van der Waals surface area contributed by atoms with E-state index in [0.717, 1.165) is 0 Å². The van der Waals surface area contributed by atoms with Crippen molar-refractivity contribution in [2.75, 3.05) is 18.2 Å². The molecule has 19 heavy (non-hydrogen) atoms. The zero-order chi connectivity index (χ0) is 14.6. The molecule has 1 unspecified atom stereocenters. The number of rotatable bonds is 6. The minimum absolute atomic E-state index is 0.00619. The molecule has 1 aliphatic heterocycles. The second kappa shape index (κ2) is 6.27. The Kier molecular flexibility index (Phi) is 5.22. The van der Waals surface area contributed by atoms with Gasteiger partial charge in [-0.1, -0.05) is 13.8 Å². The minimum Gasteiger partial charge on any atom is -0.481 e. The molecule has 0 aromatic carbocycles. The quantitative estimate of drug-likeness (QED) is 0.744. The Morgan fingerprint density at radius 1 is 1.53 bits per heavy atom. The van der Waals surface area contributed by atoms with Gasteiger partial charge in [-0.25, -0.2) is 0 Å². The number of thioether (sulfide) groups is 1. The van der Waals surface area contributed by atoms with Crippen molar-refractivity contribution in [1.82, 2.24) is 10.2 Å². The first-order valence-corrected chi connectivity index (χ1v) is 7.28. The Labute approximate surface area is 116 Å². The number of nitrogens with zero attached hydrogens (tertiary/aromatic N) is 1. The van der Waals surface area contributed by atoms with E-state index < -0.39 is 11.5 Å². The van der Waals surface area contributed by atoms with Gasteiger partial charge in [-0.3, -0.25) is 14.4 Å². The minimum atomic E-state index is -0.954. The highest BCUT2D eigenvalue weighted by atomic mass is 32.2. The molecule has 6 nitrogen and oxygen atoms in total. The first-order valence-electron chi connectivity index (χ1n) is 6.13. The van der Waals surface area contributed by atoms with Gasteiger partial charge in [0, 0.05) is 0 Å². The second-order valence-corrected chi connectivity index (χ2v) is 6.22. The zero-order valence-electron chi connectivity index (χ0n) is 11.4. The summed E-state index contributed by atoms with van der Waals surface area (Å²) in [4.78, 5) is 35.7. The van der Waals surface area contributed by atoms with E-state index in [0.29, 0.717) is 11.6 Å². The molecule has 0 bridgehead atoms. The Hall–Kier alpha value is -1.24. The first kappa shape index (κ1) is 15.8. The number of nitrogens with one attached hydrogen (secondary N) is 1. The van der Waals surface area contributed by atoms with Gasteiger partial charge in [0.1, 0.15) is 6.54 Å². The Balaban J connectivity index is 2.61. The van der Waals surface area contributed by atoms with Gasteiger partial charge >= 0.3 is 5.97 Å². The van der Waals surface area contributed by atoms with Crippen molar-refractivity contribution in [1.29, 1.82) is 0 Å². The Morgan fingerprint density at radius 2 is 2.16 bits per heavy atom. The van der Waals surface area contributed by atoms with Gasteiger partial charge in [0.15, 0.2) is 0 Å². The summed E-state index contributed by atoms with van der Waals surface area (Å²) in [5.74, 6) is -0.411. The molecule has 1 fully saturated rings. The third kappa shape index (κ3) is 4.41. The van der Waals surface area contributed by atoms with E-state index in [1.165, 1.54) is 16.7 Å². The number of carbonyl (C=O) groups is 3. The summed E-state index contributed by atoms with van der Waals surface area (Å²) >= 11 is 1.47. The van der Waals surface area contributed by atoms with Crippen LogP contribution in [-0.4, -0.2) is 51.5 Å². The SMILES string of the molecule is CC(C)C(C)(CC(=O)O)NC(=O)CN1CSCC1=O. The molecule has 0 spiro atoms. The molecule has 0 saturated carbocycles. The predicted molar refractivity (Wildman–Crippen MR) is 72.7 cm³/mol. The van der Waals surface area contributed by atoms with Gasteiger partial charge in [-0.15, -0.1) is 11.8 Å². The Morgan fingerprint density at radius 3 is 2.58 bits per heavy atom. The second-order valence-electron chi connectivity index (χ2n) is 5.26. The molecular weight excluding hydrogens is 268 g/mol. The van der Waals surface area contributed by atoms with Crippen LogP contribution in [0, 0.1) is 5.92 Å². The summed E-state index contributed by atoms with van der Waals surface area (Å²) in [5.41, 5.74) is -0.807. The maximum absolute atomic E-state index is 11.9. The highest BCUT2D eigenvalue weighted by Crippen LogP contribution is 2.21. The average Bonchev–Trinajstić information content (AvgIpc) is 2.62. The smallest absolute Gasteiger partial charge is 0.305 e. The van der Waals surface area contributed by atoms with E-state index in [4.69, 9.17) is 5.11 Å². The van der Waals surface area contributed by atoms with Crippen molar-refractivity contribution in [2.45, 2.75) is 32.7 Å². The highest BCUT2D eigenvalue weighted by molar-refractivity contribution is 8.00. The van der Waals surface area contributed by atoms with Crippen LogP contribution in [0.1, 0.15) is 27.2 Å². The number of amides is 2. The maximum Gasteiger partial charge on any atom is 0.305 e. The summed E-state index contributed by atoms with van der Waals surface area (Å²) in [5, 5.41) is 11.7. The third-order valence-corrected chi connectivity index (χ3v) is 4.32. The van der Waals surface area contributed by atoms with E-state index >= 15 is 0 Å². The predicted octanol–water partition coefficient (Wildman–Crippen LogP) is 0.525. The molecule has 1 saturated heterocycles. The number of carboxylic acids is 1. The number of hydrogen-bond donors (Lipinski definition) is 2. The van der Waals surface area contributed by atoms with Crippen molar-refractivity contribution in [3.8, 4) is 0 Å². The first-order chi connectivity index (χ1) is 8.74. The van der Waals surface area contributed by atoms with Crippen LogP contribution >= 0.6 is 11.8 Å². The molecular formula is C12H20N2O4S. The average molecular weight is 288 g/mol. The topological polar surface area (TPSA) is 86.7 Å². The summed E-state index contributed by atoms with van der Waals surface area (Å²) in [7, 11) is 0. The van der Waals surface area contributed by atoms with Crippen molar-refractivity contribution in [3.63, 3.8) is 0 Å². The third-order valence-electron chi connectivity index (χ3n) is 3.38. The number of hydrogen-bond acceptors (Lipinski definition) is 4. The van der Waals surface area contributed by atoms with E-state index in [-0.39, 0.29) is 30.7 Å². The van der Waals surface area contributed by atoms with Gasteiger partial charge in [0.05, 0.1) is 23.6 Å². The summed E-state index contributed by atoms with van der Waals surface area (Å²) in [6.45, 7) is 5.43. The summed E-state index contributed by atoms with van der Waals surface area (Å²) < 4.78 is 0. The van der Waals surface area contributed by atoms with Crippen LogP contribution in [0.15, 0.2) is 0 Å². The lowest BCUT2D eigenvalue weighted by Crippen LogP contribution is -2.53. The Bertz CT molecular complexity index is 386. The van der Waals surface area contributed by atoms with Gasteiger partial charge < -0.3 is 15.3 Å². The van der Waals surface area contributed by atoms with Crippen LogP contribution in [0.2, 0.25) is 0 Å². The van der Waals surface area contributed by atoms with E-state index in [2.05, 4.69) is 5.32 Å². The molecule has 0 radical (unpaired) electrons. The van der Waals surface area contributed by atoms with Crippen molar-refractivity contribution in [3.05, 3.63) is 0 Å². The van der Waals surface area contributed by atoms with Gasteiger partial charge in [0.2, 0.25) is 11.8 Å². The number of carboxylic acid groups (broad SMARTS) is 1. The maximum atomic E-state index is 11.9. The molecule has 2 N–H and O–H groups in total. The monoisotopic (exact) mass is 288 g/mol. The summed E-state index contributed by atoms with van der Waals surface area (Å²) in [6, 6.07) is 0. The van der Waals surface area contributed by atoms with Crippen LogP contribution in [0.5, 0.6) is 0 Å². The van der Waals surface area contributed by atoms with E-state index in [1.54, 1.807) is 6.92 Å². The molecule has 2 amide bonds. The standard InChI is InChI=1S/C12H20N2O4S/c1-8(2)12(3,4-11(17)18)13-9(15)5-14-7-19-6-10(14)16/h8H,4-7H2,1-3H3,(H,13,15)(H,17,18). The molecule has 0 aromatic rings. The fourth-order valence-corrected chi connectivity index (χ4v) is 2.68. The van der Waals surface area contributed by atoms with Gasteiger partial charge in [-0.05, 0) is 12.8 Å². The summed E-state index contributed by atoms with van der Waals surface area (Å²) in [6.07, 6.45) is -0.140. The lowest BCUT2D eigenvalue weighted by molar-refractivity contribution is -0.140. The van der Waals surface area contributed by atoms with Crippen molar-refractivity contribution < 1.29 is 19.5 Å². The van der Waals surface area contributed by atoms with Crippen LogP contribution in [0.25, 0.3) is 0 Å². The van der Waals surface area contributed by atoms with Crippen LogP contribution in [0.4, 0.5) is 0 Å². The molecule has 1 rings (SSSR count). The van der Waals surface area contributed by atoms with E-state index in [1.807, 2.05) is 13.8 Å². The molecule has 1 atom stereocenters. The van der Waals surface area contributed by atoms with Crippen molar-refractivity contribution >= 4 is 29.5 Å². The molecule has 1 aliphatic rings. The molecule has 1 heterocycles. The molecule has 0 aromatic heterocycles. The van der Waals surface area contributed by atoms with Gasteiger partial charge in [-0.2, -0.15) is 0 Å².